The lowest BCUT2D eigenvalue weighted by Gasteiger charge is -2.39. The van der Waals surface area contributed by atoms with Crippen molar-refractivity contribution in [3.05, 3.63) is 89.8 Å². The highest BCUT2D eigenvalue weighted by Crippen LogP contribution is 2.30. The average Bonchev–Trinajstić information content (AvgIpc) is 3.24. The Bertz CT molecular complexity index is 809. The smallest absolute Gasteiger partial charge is 0.123 e. The number of hydrogen-bond acceptors (Lipinski definition) is 3. The molecule has 1 aliphatic heterocycles. The molecule has 6 heteroatoms. The maximum absolute atomic E-state index is 13.4. The summed E-state index contributed by atoms with van der Waals surface area (Å²) in [6, 6.07) is 15.2. The van der Waals surface area contributed by atoms with Crippen LogP contribution in [0.2, 0.25) is 0 Å². The van der Waals surface area contributed by atoms with Crippen molar-refractivity contribution in [2.24, 2.45) is 0 Å². The summed E-state index contributed by atoms with van der Waals surface area (Å²) in [5, 5.41) is 4.26. The van der Waals surface area contributed by atoms with Gasteiger partial charge in [-0.2, -0.15) is 5.10 Å². The number of halogens is 2. The molecule has 1 fully saturated rings. The molecule has 1 aliphatic rings. The van der Waals surface area contributed by atoms with Crippen molar-refractivity contribution >= 4 is 0 Å². The van der Waals surface area contributed by atoms with E-state index in [1.807, 2.05) is 41.2 Å². The summed E-state index contributed by atoms with van der Waals surface area (Å²) < 4.78 is 28.8. The van der Waals surface area contributed by atoms with Crippen LogP contribution >= 0.6 is 0 Å². The van der Waals surface area contributed by atoms with Gasteiger partial charge in [0.1, 0.15) is 11.6 Å². The molecule has 0 aliphatic carbocycles. The minimum Gasteiger partial charge on any atom is -0.299 e. The molecule has 0 spiro atoms. The second kappa shape index (κ2) is 8.63. The lowest BCUT2D eigenvalue weighted by molar-refractivity contribution is 0.106. The van der Waals surface area contributed by atoms with Crippen LogP contribution in [0.3, 0.4) is 0 Å². The van der Waals surface area contributed by atoms with Crippen molar-refractivity contribution in [3.63, 3.8) is 0 Å². The van der Waals surface area contributed by atoms with Gasteiger partial charge >= 0.3 is 0 Å². The number of nitrogens with zero attached hydrogens (tertiary/aromatic N) is 4. The molecule has 0 N–H and O–H groups in total. The van der Waals surface area contributed by atoms with Gasteiger partial charge in [0, 0.05) is 45.1 Å². The van der Waals surface area contributed by atoms with Crippen LogP contribution in [-0.2, 0) is 6.54 Å². The SMILES string of the molecule is Fc1ccc(C(c2ccc(F)cc2)N2CCN(CCn3cccn3)CC2)cc1. The van der Waals surface area contributed by atoms with Gasteiger partial charge < -0.3 is 0 Å². The minimum absolute atomic E-state index is 0.00512. The maximum Gasteiger partial charge on any atom is 0.123 e. The number of aromatic nitrogens is 2. The normalized spacial score (nSPS) is 16.0. The Morgan fingerprint density at radius 3 is 1.86 bits per heavy atom. The average molecular weight is 382 g/mol. The third kappa shape index (κ3) is 4.46. The first-order chi connectivity index (χ1) is 13.7. The van der Waals surface area contributed by atoms with Gasteiger partial charge in [0.05, 0.1) is 12.6 Å². The summed E-state index contributed by atoms with van der Waals surface area (Å²) >= 11 is 0. The van der Waals surface area contributed by atoms with Gasteiger partial charge in [0.2, 0.25) is 0 Å². The Hall–Kier alpha value is -2.57. The lowest BCUT2D eigenvalue weighted by atomic mass is 9.96. The summed E-state index contributed by atoms with van der Waals surface area (Å²) in [7, 11) is 0. The first kappa shape index (κ1) is 18.8. The molecule has 2 heterocycles. The second-order valence-electron chi connectivity index (χ2n) is 7.15. The largest absolute Gasteiger partial charge is 0.299 e. The predicted octanol–water partition coefficient (Wildman–Crippen LogP) is 3.57. The number of piperazine rings is 1. The first-order valence-corrected chi connectivity index (χ1v) is 9.64. The van der Waals surface area contributed by atoms with E-state index in [2.05, 4.69) is 14.9 Å². The first-order valence-electron chi connectivity index (χ1n) is 9.64. The Morgan fingerprint density at radius 1 is 0.786 bits per heavy atom. The standard InChI is InChI=1S/C22H24F2N4/c23-20-6-2-18(3-7-20)22(19-4-8-21(24)9-5-19)27-15-12-26(13-16-27)14-17-28-11-1-10-25-28/h1-11,22H,12-17H2. The van der Waals surface area contributed by atoms with Crippen LogP contribution in [0.25, 0.3) is 0 Å². The highest BCUT2D eigenvalue weighted by molar-refractivity contribution is 5.32. The van der Waals surface area contributed by atoms with Crippen LogP contribution in [0.1, 0.15) is 17.2 Å². The van der Waals surface area contributed by atoms with Crippen LogP contribution in [0.5, 0.6) is 0 Å². The van der Waals surface area contributed by atoms with E-state index in [0.717, 1.165) is 50.4 Å². The van der Waals surface area contributed by atoms with Gasteiger partial charge in [-0.05, 0) is 41.5 Å². The van der Waals surface area contributed by atoms with E-state index in [4.69, 9.17) is 0 Å². The van der Waals surface area contributed by atoms with Crippen LogP contribution in [-0.4, -0.2) is 52.3 Å². The molecule has 0 radical (unpaired) electrons. The second-order valence-corrected chi connectivity index (χ2v) is 7.15. The van der Waals surface area contributed by atoms with E-state index in [0.29, 0.717) is 0 Å². The van der Waals surface area contributed by atoms with Crippen LogP contribution < -0.4 is 0 Å². The van der Waals surface area contributed by atoms with Gasteiger partial charge in [0.15, 0.2) is 0 Å². The molecule has 4 rings (SSSR count). The monoisotopic (exact) mass is 382 g/mol. The zero-order valence-corrected chi connectivity index (χ0v) is 15.7. The van der Waals surface area contributed by atoms with Gasteiger partial charge in [-0.1, -0.05) is 24.3 Å². The molecule has 28 heavy (non-hydrogen) atoms. The number of hydrogen-bond donors (Lipinski definition) is 0. The highest BCUT2D eigenvalue weighted by Gasteiger charge is 2.26. The zero-order chi connectivity index (χ0) is 19.3. The molecule has 1 aromatic heterocycles. The lowest BCUT2D eigenvalue weighted by Crippen LogP contribution is -2.48. The third-order valence-corrected chi connectivity index (χ3v) is 5.35. The summed E-state index contributed by atoms with van der Waals surface area (Å²) in [4.78, 5) is 4.83. The van der Waals surface area contributed by atoms with Crippen molar-refractivity contribution in [1.29, 1.82) is 0 Å². The molecule has 1 saturated heterocycles. The molecule has 2 aromatic carbocycles. The van der Waals surface area contributed by atoms with Crippen LogP contribution in [0.15, 0.2) is 67.0 Å². The van der Waals surface area contributed by atoms with Crippen molar-refractivity contribution < 1.29 is 8.78 Å². The van der Waals surface area contributed by atoms with Crippen molar-refractivity contribution in [1.82, 2.24) is 19.6 Å². The Kier molecular flexibility index (Phi) is 5.78. The molecule has 0 amide bonds. The summed E-state index contributed by atoms with van der Waals surface area (Å²) in [5.41, 5.74) is 2.05. The summed E-state index contributed by atoms with van der Waals surface area (Å²) in [6.45, 7) is 5.57. The topological polar surface area (TPSA) is 24.3 Å². The molecule has 0 atom stereocenters. The molecule has 0 saturated carbocycles. The van der Waals surface area contributed by atoms with Crippen molar-refractivity contribution in [2.45, 2.75) is 12.6 Å². The van der Waals surface area contributed by atoms with E-state index in [1.165, 1.54) is 24.3 Å². The number of rotatable bonds is 6. The van der Waals surface area contributed by atoms with E-state index in [9.17, 15) is 8.78 Å². The summed E-state index contributed by atoms with van der Waals surface area (Å²) in [5.74, 6) is -0.491. The Balaban J connectivity index is 1.46. The van der Waals surface area contributed by atoms with Gasteiger partial charge in [-0.15, -0.1) is 0 Å². The predicted molar refractivity (Wildman–Crippen MR) is 105 cm³/mol. The van der Waals surface area contributed by atoms with Crippen LogP contribution in [0.4, 0.5) is 8.78 Å². The molecule has 3 aromatic rings. The van der Waals surface area contributed by atoms with Crippen molar-refractivity contribution in [3.8, 4) is 0 Å². The van der Waals surface area contributed by atoms with E-state index >= 15 is 0 Å². The molecular weight excluding hydrogens is 358 g/mol. The molecular formula is C22H24F2N4. The van der Waals surface area contributed by atoms with Gasteiger partial charge in [-0.3, -0.25) is 14.5 Å². The minimum atomic E-state index is -0.245. The van der Waals surface area contributed by atoms with Crippen LogP contribution in [0, 0.1) is 11.6 Å². The fourth-order valence-electron chi connectivity index (χ4n) is 3.83. The van der Waals surface area contributed by atoms with E-state index in [-0.39, 0.29) is 17.7 Å². The van der Waals surface area contributed by atoms with E-state index < -0.39 is 0 Å². The van der Waals surface area contributed by atoms with Crippen molar-refractivity contribution in [2.75, 3.05) is 32.7 Å². The van der Waals surface area contributed by atoms with Gasteiger partial charge in [0.25, 0.3) is 0 Å². The fraction of sp³-hybridized carbons (Fsp3) is 0.318. The Labute approximate surface area is 164 Å². The van der Waals surface area contributed by atoms with Gasteiger partial charge in [-0.25, -0.2) is 8.78 Å². The van der Waals surface area contributed by atoms with E-state index in [1.54, 1.807) is 6.20 Å². The fourth-order valence-corrected chi connectivity index (χ4v) is 3.83. The summed E-state index contributed by atoms with van der Waals surface area (Å²) in [6.07, 6.45) is 3.78. The quantitative estimate of drug-likeness (QED) is 0.651. The maximum atomic E-state index is 13.4. The zero-order valence-electron chi connectivity index (χ0n) is 15.7. The number of benzene rings is 2. The molecule has 146 valence electrons. The molecule has 0 unspecified atom stereocenters. The third-order valence-electron chi connectivity index (χ3n) is 5.35. The molecule has 0 bridgehead atoms. The highest BCUT2D eigenvalue weighted by atomic mass is 19.1. The molecule has 4 nitrogen and oxygen atoms in total. The Morgan fingerprint density at radius 2 is 1.36 bits per heavy atom.